The van der Waals surface area contributed by atoms with Crippen molar-refractivity contribution < 1.29 is 27.4 Å². The van der Waals surface area contributed by atoms with E-state index in [9.17, 15) is 18.0 Å². The predicted molar refractivity (Wildman–Crippen MR) is 95.0 cm³/mol. The number of amides is 1. The van der Waals surface area contributed by atoms with Crippen LogP contribution in [0.5, 0.6) is 11.5 Å². The summed E-state index contributed by atoms with van der Waals surface area (Å²) in [7, 11) is 1.45. The third-order valence-corrected chi connectivity index (χ3v) is 3.38. The molecule has 0 fully saturated rings. The van der Waals surface area contributed by atoms with Crippen molar-refractivity contribution in [3.05, 3.63) is 59.7 Å². The number of ether oxygens (including phenoxy) is 2. The maximum atomic E-state index is 12.4. The first-order valence-corrected chi connectivity index (χ1v) is 7.55. The lowest BCUT2D eigenvalue weighted by atomic mass is 10.1. The molecule has 27 heavy (non-hydrogen) atoms. The van der Waals surface area contributed by atoms with Crippen LogP contribution in [0, 0.1) is 5.41 Å². The van der Waals surface area contributed by atoms with Gasteiger partial charge in [0.25, 0.3) is 5.91 Å². The smallest absolute Gasteiger partial charge is 0.496 e. The van der Waals surface area contributed by atoms with Gasteiger partial charge in [-0.3, -0.25) is 4.79 Å². The van der Waals surface area contributed by atoms with E-state index in [2.05, 4.69) is 10.1 Å². The number of hydrogen-bond acceptors (Lipinski definition) is 5. The molecule has 6 nitrogen and oxygen atoms in total. The van der Waals surface area contributed by atoms with E-state index < -0.39 is 18.0 Å². The van der Waals surface area contributed by atoms with Gasteiger partial charge in [-0.05, 0) is 48.5 Å². The third kappa shape index (κ3) is 5.50. The number of carbonyl (C=O) groups excluding carboxylic acids is 1. The van der Waals surface area contributed by atoms with Crippen LogP contribution in [0.15, 0.2) is 48.5 Å². The zero-order valence-electron chi connectivity index (χ0n) is 14.1. The first-order chi connectivity index (χ1) is 12.7. The summed E-state index contributed by atoms with van der Waals surface area (Å²) >= 11 is 0. The van der Waals surface area contributed by atoms with E-state index in [0.29, 0.717) is 11.3 Å². The van der Waals surface area contributed by atoms with E-state index in [4.69, 9.17) is 15.9 Å². The number of benzene rings is 2. The average Bonchev–Trinajstić information content (AvgIpc) is 2.61. The van der Waals surface area contributed by atoms with Crippen LogP contribution in [0.2, 0.25) is 0 Å². The minimum absolute atomic E-state index is 0.241. The van der Waals surface area contributed by atoms with Crippen LogP contribution < -0.4 is 20.5 Å². The molecule has 2 rings (SSSR count). The Balaban J connectivity index is 2.19. The van der Waals surface area contributed by atoms with Gasteiger partial charge in [0.2, 0.25) is 0 Å². The highest BCUT2D eigenvalue weighted by molar-refractivity contribution is 6.05. The second-order valence-electron chi connectivity index (χ2n) is 5.23. The maximum Gasteiger partial charge on any atom is 0.573 e. The summed E-state index contributed by atoms with van der Waals surface area (Å²) in [5, 5.41) is 9.65. The maximum absolute atomic E-state index is 12.4. The van der Waals surface area contributed by atoms with Crippen molar-refractivity contribution in [2.45, 2.75) is 6.36 Å². The molecular formula is C18H16F3N3O3. The number of hydrogen-bond donors (Lipinski definition) is 3. The van der Waals surface area contributed by atoms with Crippen LogP contribution in [-0.2, 0) is 0 Å². The lowest BCUT2D eigenvalue weighted by molar-refractivity contribution is -0.274. The summed E-state index contributed by atoms with van der Waals surface area (Å²) in [6.07, 6.45) is -2.43. The Hall–Kier alpha value is -3.49. The van der Waals surface area contributed by atoms with Crippen molar-refractivity contribution in [1.29, 1.82) is 5.41 Å². The monoisotopic (exact) mass is 379 g/mol. The Morgan fingerprint density at radius 1 is 1.19 bits per heavy atom. The zero-order chi connectivity index (χ0) is 20.0. The van der Waals surface area contributed by atoms with Gasteiger partial charge in [-0.15, -0.1) is 13.2 Å². The number of nitrogens with two attached hydrogens (primary N) is 1. The van der Waals surface area contributed by atoms with Crippen LogP contribution in [0.25, 0.3) is 5.70 Å². The molecule has 0 aliphatic rings. The number of allylic oxidation sites excluding steroid dienone is 1. The number of rotatable bonds is 6. The highest BCUT2D eigenvalue weighted by Crippen LogP contribution is 2.26. The number of nitrogens with one attached hydrogen (secondary N) is 2. The Labute approximate surface area is 152 Å². The topological polar surface area (TPSA) is 97.4 Å². The Morgan fingerprint density at radius 3 is 2.41 bits per heavy atom. The van der Waals surface area contributed by atoms with Crippen LogP contribution in [-0.4, -0.2) is 25.6 Å². The van der Waals surface area contributed by atoms with Gasteiger partial charge in [0.05, 0.1) is 7.11 Å². The fourth-order valence-corrected chi connectivity index (χ4v) is 2.20. The zero-order valence-corrected chi connectivity index (χ0v) is 14.1. The van der Waals surface area contributed by atoms with E-state index in [0.717, 1.165) is 18.3 Å². The molecule has 0 bridgehead atoms. The summed E-state index contributed by atoms with van der Waals surface area (Å²) in [5.74, 6) is -0.460. The minimum Gasteiger partial charge on any atom is -0.496 e. The lowest BCUT2D eigenvalue weighted by Gasteiger charge is -2.12. The molecule has 2 aromatic rings. The van der Waals surface area contributed by atoms with E-state index in [1.54, 1.807) is 6.07 Å². The minimum atomic E-state index is -4.78. The Morgan fingerprint density at radius 2 is 1.85 bits per heavy atom. The second-order valence-corrected chi connectivity index (χ2v) is 5.23. The van der Waals surface area contributed by atoms with Crippen LogP contribution in [0.3, 0.4) is 0 Å². The van der Waals surface area contributed by atoms with Crippen molar-refractivity contribution >= 4 is 23.5 Å². The SMILES string of the molecule is COc1ccc(C(=O)Nc2ccc(OC(F)(F)F)cc2)cc1/C(N)=C/C=N. The highest BCUT2D eigenvalue weighted by Gasteiger charge is 2.30. The van der Waals surface area contributed by atoms with Gasteiger partial charge < -0.3 is 25.9 Å². The van der Waals surface area contributed by atoms with Crippen molar-refractivity contribution in [3.63, 3.8) is 0 Å². The second kappa shape index (κ2) is 8.26. The van der Waals surface area contributed by atoms with Crippen molar-refractivity contribution in [2.24, 2.45) is 5.73 Å². The van der Waals surface area contributed by atoms with E-state index in [1.165, 1.54) is 37.5 Å². The molecule has 2 aromatic carbocycles. The highest BCUT2D eigenvalue weighted by atomic mass is 19.4. The summed E-state index contributed by atoms with van der Waals surface area (Å²) in [6, 6.07) is 9.30. The largest absolute Gasteiger partial charge is 0.573 e. The third-order valence-electron chi connectivity index (χ3n) is 3.38. The number of anilines is 1. The molecular weight excluding hydrogens is 363 g/mol. The summed E-state index contributed by atoms with van der Waals surface area (Å²) in [6.45, 7) is 0. The Kier molecular flexibility index (Phi) is 6.07. The average molecular weight is 379 g/mol. The van der Waals surface area contributed by atoms with Gasteiger partial charge in [-0.25, -0.2) is 0 Å². The predicted octanol–water partition coefficient (Wildman–Crippen LogP) is 3.80. The van der Waals surface area contributed by atoms with Gasteiger partial charge >= 0.3 is 6.36 Å². The molecule has 0 aliphatic carbocycles. The van der Waals surface area contributed by atoms with Crippen LogP contribution >= 0.6 is 0 Å². The van der Waals surface area contributed by atoms with E-state index >= 15 is 0 Å². The van der Waals surface area contributed by atoms with Gasteiger partial charge in [-0.2, -0.15) is 0 Å². The fourth-order valence-electron chi connectivity index (χ4n) is 2.20. The van der Waals surface area contributed by atoms with E-state index in [1.807, 2.05) is 0 Å². The lowest BCUT2D eigenvalue weighted by Crippen LogP contribution is -2.17. The Bertz CT molecular complexity index is 862. The molecule has 0 unspecified atom stereocenters. The molecule has 0 aromatic heterocycles. The van der Waals surface area contributed by atoms with E-state index in [-0.39, 0.29) is 16.9 Å². The van der Waals surface area contributed by atoms with Gasteiger partial charge in [0.15, 0.2) is 0 Å². The van der Waals surface area contributed by atoms with Gasteiger partial charge in [0.1, 0.15) is 11.5 Å². The van der Waals surface area contributed by atoms with Crippen LogP contribution in [0.4, 0.5) is 18.9 Å². The number of halogens is 3. The summed E-state index contributed by atoms with van der Waals surface area (Å²) < 4.78 is 45.4. The quantitative estimate of drug-likeness (QED) is 0.665. The fraction of sp³-hybridized carbons (Fsp3) is 0.111. The summed E-state index contributed by atoms with van der Waals surface area (Å²) in [5.41, 5.74) is 7.08. The molecule has 0 heterocycles. The van der Waals surface area contributed by atoms with Crippen molar-refractivity contribution in [3.8, 4) is 11.5 Å². The molecule has 0 radical (unpaired) electrons. The molecule has 4 N–H and O–H groups in total. The molecule has 0 saturated carbocycles. The normalized spacial score (nSPS) is 11.6. The van der Waals surface area contributed by atoms with Crippen molar-refractivity contribution in [2.75, 3.05) is 12.4 Å². The molecule has 0 aliphatic heterocycles. The molecule has 9 heteroatoms. The molecule has 1 amide bonds. The standard InChI is InChI=1S/C18H16F3N3O3/c1-26-16-7-2-11(10-14(16)15(23)8-9-22)17(25)24-12-3-5-13(6-4-12)27-18(19,20)21/h2-10,22H,23H2,1H3,(H,24,25)/b15-8-,22-9?. The van der Waals surface area contributed by atoms with Crippen molar-refractivity contribution in [1.82, 2.24) is 0 Å². The number of alkyl halides is 3. The molecule has 0 spiro atoms. The number of methoxy groups -OCH3 is 1. The molecule has 0 atom stereocenters. The number of carbonyl (C=O) groups is 1. The van der Waals surface area contributed by atoms with Gasteiger partial charge in [-0.1, -0.05) is 0 Å². The van der Waals surface area contributed by atoms with Gasteiger partial charge in [0, 0.05) is 28.7 Å². The first kappa shape index (κ1) is 19.8. The first-order valence-electron chi connectivity index (χ1n) is 7.55. The summed E-state index contributed by atoms with van der Waals surface area (Å²) in [4.78, 5) is 12.4. The molecule has 0 saturated heterocycles. The molecule has 142 valence electrons. The van der Waals surface area contributed by atoms with Crippen LogP contribution in [0.1, 0.15) is 15.9 Å².